The van der Waals surface area contributed by atoms with Crippen molar-refractivity contribution < 1.29 is 17.9 Å². The maximum Gasteiger partial charge on any atom is 0.255 e. The molecule has 166 valence electrons. The first-order valence-electron chi connectivity index (χ1n) is 10.8. The maximum absolute atomic E-state index is 13.2. The van der Waals surface area contributed by atoms with Crippen LogP contribution in [0.5, 0.6) is 0 Å². The number of carbonyl (C=O) groups excluding carboxylic acids is 1. The summed E-state index contributed by atoms with van der Waals surface area (Å²) in [6.07, 6.45) is 1.58. The van der Waals surface area contributed by atoms with E-state index in [1.54, 1.807) is 12.1 Å². The summed E-state index contributed by atoms with van der Waals surface area (Å²) in [5.74, 6) is -0.318. The predicted molar refractivity (Wildman–Crippen MR) is 121 cm³/mol. The van der Waals surface area contributed by atoms with Crippen molar-refractivity contribution in [1.29, 1.82) is 0 Å². The molecule has 2 aromatic rings. The number of carbonyl (C=O) groups is 1. The van der Waals surface area contributed by atoms with Crippen LogP contribution in [0.4, 0.5) is 11.4 Å². The highest BCUT2D eigenvalue weighted by Crippen LogP contribution is 2.31. The number of aryl methyl sites for hydroxylation is 1. The van der Waals surface area contributed by atoms with Gasteiger partial charge >= 0.3 is 0 Å². The van der Waals surface area contributed by atoms with Gasteiger partial charge in [-0.2, -0.15) is 4.31 Å². The van der Waals surface area contributed by atoms with E-state index in [1.807, 2.05) is 19.1 Å². The molecule has 2 aliphatic heterocycles. The summed E-state index contributed by atoms with van der Waals surface area (Å²) >= 11 is 0. The summed E-state index contributed by atoms with van der Waals surface area (Å²) < 4.78 is 33.2. The second kappa shape index (κ2) is 8.98. The van der Waals surface area contributed by atoms with Gasteiger partial charge in [-0.05, 0) is 55.2 Å². The van der Waals surface area contributed by atoms with E-state index in [0.717, 1.165) is 25.2 Å². The highest BCUT2D eigenvalue weighted by Gasteiger charge is 2.29. The van der Waals surface area contributed by atoms with Crippen molar-refractivity contribution in [3.8, 4) is 0 Å². The first-order chi connectivity index (χ1) is 14.9. The minimum atomic E-state index is -3.69. The molecule has 0 radical (unpaired) electrons. The number of fused-ring (bicyclic) bond motifs is 1. The smallest absolute Gasteiger partial charge is 0.255 e. The number of benzene rings is 2. The molecule has 2 aromatic carbocycles. The first kappa shape index (κ1) is 21.8. The zero-order valence-electron chi connectivity index (χ0n) is 18.1. The van der Waals surface area contributed by atoms with E-state index < -0.39 is 10.0 Å². The number of hydrogen-bond donors (Lipinski definition) is 1. The molecule has 0 atom stereocenters. The Labute approximate surface area is 184 Å². The fourth-order valence-corrected chi connectivity index (χ4v) is 5.94. The van der Waals surface area contributed by atoms with Crippen molar-refractivity contribution in [2.75, 3.05) is 49.6 Å². The number of nitrogens with zero attached hydrogens (tertiary/aromatic N) is 2. The lowest BCUT2D eigenvalue weighted by atomic mass is 10.1. The number of rotatable bonds is 6. The van der Waals surface area contributed by atoms with Gasteiger partial charge in [0.1, 0.15) is 0 Å². The average molecular weight is 444 g/mol. The Balaban J connectivity index is 1.60. The zero-order valence-corrected chi connectivity index (χ0v) is 18.9. The fraction of sp³-hybridized carbons (Fsp3) is 0.435. The van der Waals surface area contributed by atoms with Gasteiger partial charge in [-0.15, -0.1) is 0 Å². The van der Waals surface area contributed by atoms with Gasteiger partial charge in [0.2, 0.25) is 10.0 Å². The van der Waals surface area contributed by atoms with E-state index in [0.29, 0.717) is 49.5 Å². The van der Waals surface area contributed by atoms with Crippen molar-refractivity contribution in [3.05, 3.63) is 53.1 Å². The van der Waals surface area contributed by atoms with Gasteiger partial charge in [0, 0.05) is 43.1 Å². The van der Waals surface area contributed by atoms with E-state index in [1.165, 1.54) is 15.9 Å². The first-order valence-corrected chi connectivity index (χ1v) is 12.3. The molecule has 7 nitrogen and oxygen atoms in total. The Kier molecular flexibility index (Phi) is 6.31. The topological polar surface area (TPSA) is 79.0 Å². The van der Waals surface area contributed by atoms with Gasteiger partial charge < -0.3 is 15.0 Å². The van der Waals surface area contributed by atoms with Crippen LogP contribution in [-0.2, 0) is 27.6 Å². The Bertz CT molecular complexity index is 1080. The quantitative estimate of drug-likeness (QED) is 0.743. The third-order valence-electron chi connectivity index (χ3n) is 6.01. The number of morpholine rings is 1. The van der Waals surface area contributed by atoms with Crippen molar-refractivity contribution >= 4 is 27.3 Å². The summed E-state index contributed by atoms with van der Waals surface area (Å²) in [4.78, 5) is 15.5. The number of likely N-dealkylation sites (N-methyl/N-ethyl adjacent to an activating group) is 1. The third-order valence-corrected chi connectivity index (χ3v) is 8.00. The van der Waals surface area contributed by atoms with Crippen LogP contribution in [0.3, 0.4) is 0 Å². The standard InChI is InChI=1S/C23H29N3O4S/c1-3-17-5-6-19(15-22(17)31(28,29)26-11-13-30-14-12-26)23(27)24-20-8-7-18-9-10-25(4-2)21(18)16-20/h5-8,15-16H,3-4,9-14H2,1-2H3,(H,24,27). The number of ether oxygens (including phenoxy) is 1. The van der Waals surface area contributed by atoms with E-state index in [9.17, 15) is 13.2 Å². The molecule has 1 saturated heterocycles. The monoisotopic (exact) mass is 443 g/mol. The van der Waals surface area contributed by atoms with Crippen LogP contribution in [0.2, 0.25) is 0 Å². The van der Waals surface area contributed by atoms with Crippen molar-refractivity contribution in [1.82, 2.24) is 4.31 Å². The summed E-state index contributed by atoms with van der Waals surface area (Å²) in [7, 11) is -3.69. The molecule has 0 saturated carbocycles. The largest absolute Gasteiger partial charge is 0.379 e. The predicted octanol–water partition coefficient (Wildman–Crippen LogP) is 2.90. The highest BCUT2D eigenvalue weighted by molar-refractivity contribution is 7.89. The normalized spacial score (nSPS) is 16.9. The van der Waals surface area contributed by atoms with Gasteiger partial charge in [-0.3, -0.25) is 4.79 Å². The van der Waals surface area contributed by atoms with E-state index >= 15 is 0 Å². The molecular formula is C23H29N3O4S. The van der Waals surface area contributed by atoms with Crippen molar-refractivity contribution in [2.24, 2.45) is 0 Å². The number of hydrogen-bond acceptors (Lipinski definition) is 5. The van der Waals surface area contributed by atoms with Crippen LogP contribution in [0, 0.1) is 0 Å². The number of anilines is 2. The molecule has 31 heavy (non-hydrogen) atoms. The minimum Gasteiger partial charge on any atom is -0.379 e. The molecule has 8 heteroatoms. The van der Waals surface area contributed by atoms with Crippen LogP contribution in [0.15, 0.2) is 41.3 Å². The lowest BCUT2D eigenvalue weighted by Crippen LogP contribution is -2.41. The van der Waals surface area contributed by atoms with Crippen LogP contribution in [-0.4, -0.2) is 58.0 Å². The summed E-state index contributed by atoms with van der Waals surface area (Å²) in [5, 5.41) is 2.93. The average Bonchev–Trinajstić information content (AvgIpc) is 3.21. The van der Waals surface area contributed by atoms with Crippen molar-refractivity contribution in [2.45, 2.75) is 31.6 Å². The number of nitrogens with one attached hydrogen (secondary N) is 1. The van der Waals surface area contributed by atoms with Gasteiger partial charge in [-0.25, -0.2) is 8.42 Å². The summed E-state index contributed by atoms with van der Waals surface area (Å²) in [5.41, 5.74) is 4.18. The minimum absolute atomic E-state index is 0.204. The molecule has 1 amide bonds. The molecule has 0 spiro atoms. The maximum atomic E-state index is 13.2. The van der Waals surface area contributed by atoms with Crippen LogP contribution in [0.1, 0.15) is 35.3 Å². The van der Waals surface area contributed by atoms with Crippen LogP contribution >= 0.6 is 0 Å². The number of amides is 1. The lowest BCUT2D eigenvalue weighted by Gasteiger charge is -2.27. The van der Waals surface area contributed by atoms with Gasteiger partial charge in [0.15, 0.2) is 0 Å². The van der Waals surface area contributed by atoms with E-state index in [-0.39, 0.29) is 10.8 Å². The SMILES string of the molecule is CCc1ccc(C(=O)Nc2ccc3c(c2)N(CC)CC3)cc1S(=O)(=O)N1CCOCC1. The fourth-order valence-electron chi connectivity index (χ4n) is 4.21. The molecule has 2 aliphatic rings. The Morgan fingerprint density at radius 3 is 2.55 bits per heavy atom. The zero-order chi connectivity index (χ0) is 22.0. The van der Waals surface area contributed by atoms with Crippen LogP contribution < -0.4 is 10.2 Å². The Morgan fingerprint density at radius 2 is 1.84 bits per heavy atom. The number of sulfonamides is 1. The van der Waals surface area contributed by atoms with E-state index in [2.05, 4.69) is 23.2 Å². The molecule has 0 bridgehead atoms. The molecule has 2 heterocycles. The molecule has 1 fully saturated rings. The molecule has 4 rings (SSSR count). The lowest BCUT2D eigenvalue weighted by molar-refractivity contribution is 0.0730. The van der Waals surface area contributed by atoms with Crippen molar-refractivity contribution in [3.63, 3.8) is 0 Å². The molecule has 0 aliphatic carbocycles. The molecule has 0 aromatic heterocycles. The second-order valence-corrected chi connectivity index (χ2v) is 9.73. The Hall–Kier alpha value is -2.42. The molecule has 0 unspecified atom stereocenters. The van der Waals surface area contributed by atoms with Gasteiger partial charge in [0.25, 0.3) is 5.91 Å². The summed E-state index contributed by atoms with van der Waals surface area (Å²) in [6, 6.07) is 10.9. The van der Waals surface area contributed by atoms with Crippen LogP contribution in [0.25, 0.3) is 0 Å². The highest BCUT2D eigenvalue weighted by atomic mass is 32.2. The van der Waals surface area contributed by atoms with E-state index in [4.69, 9.17) is 4.74 Å². The third kappa shape index (κ3) is 4.33. The molecule has 1 N–H and O–H groups in total. The second-order valence-electron chi connectivity index (χ2n) is 7.82. The van der Waals surface area contributed by atoms with Gasteiger partial charge in [-0.1, -0.05) is 19.1 Å². The Morgan fingerprint density at radius 1 is 1.06 bits per heavy atom. The summed E-state index contributed by atoms with van der Waals surface area (Å²) in [6.45, 7) is 7.36. The van der Waals surface area contributed by atoms with Gasteiger partial charge in [0.05, 0.1) is 18.1 Å². The molecular weight excluding hydrogens is 414 g/mol.